The van der Waals surface area contributed by atoms with E-state index in [4.69, 9.17) is 5.26 Å². The number of halogens is 3. The molecule has 0 atom stereocenters. The summed E-state index contributed by atoms with van der Waals surface area (Å²) in [4.78, 5) is 0. The van der Waals surface area contributed by atoms with E-state index in [0.29, 0.717) is 5.56 Å². The Morgan fingerprint density at radius 3 is 1.50 bits per heavy atom. The van der Waals surface area contributed by atoms with Gasteiger partial charge in [-0.15, -0.1) is 0 Å². The number of nitriles is 1. The first kappa shape index (κ1) is 17.8. The van der Waals surface area contributed by atoms with Crippen LogP contribution in [0.1, 0.15) is 22.3 Å². The summed E-state index contributed by atoms with van der Waals surface area (Å²) < 4.78 is 37.9. The van der Waals surface area contributed by atoms with Crippen LogP contribution in [-0.2, 0) is 19.0 Å². The number of aryl methyl sites for hydroxylation is 2. The normalized spacial score (nSPS) is 11.2. The van der Waals surface area contributed by atoms with E-state index in [-0.39, 0.29) is 0 Å². The van der Waals surface area contributed by atoms with Gasteiger partial charge in [0.15, 0.2) is 0 Å². The van der Waals surface area contributed by atoms with E-state index in [0.717, 1.165) is 47.2 Å². The summed E-state index contributed by atoms with van der Waals surface area (Å²) in [6.07, 6.45) is -2.58. The van der Waals surface area contributed by atoms with Crippen LogP contribution in [0.2, 0.25) is 0 Å². The van der Waals surface area contributed by atoms with Crippen molar-refractivity contribution in [1.82, 2.24) is 0 Å². The van der Waals surface area contributed by atoms with E-state index in [9.17, 15) is 13.2 Å². The second-order valence-electron chi connectivity index (χ2n) is 6.08. The molecular formula is C22H16F3N. The van der Waals surface area contributed by atoms with Crippen molar-refractivity contribution < 1.29 is 13.2 Å². The lowest BCUT2D eigenvalue weighted by Gasteiger charge is -2.08. The summed E-state index contributed by atoms with van der Waals surface area (Å²) in [6, 6.07) is 22.7. The van der Waals surface area contributed by atoms with Gasteiger partial charge in [0.2, 0.25) is 0 Å². The van der Waals surface area contributed by atoms with Crippen molar-refractivity contribution in [3.63, 3.8) is 0 Å². The first-order valence-electron chi connectivity index (χ1n) is 8.21. The molecule has 0 bridgehead atoms. The third-order valence-corrected chi connectivity index (χ3v) is 4.28. The molecular weight excluding hydrogens is 335 g/mol. The Kier molecular flexibility index (Phi) is 5.09. The van der Waals surface area contributed by atoms with Crippen molar-refractivity contribution in [1.29, 1.82) is 5.26 Å². The Balaban J connectivity index is 1.65. The molecule has 0 heterocycles. The highest BCUT2D eigenvalue weighted by Gasteiger charge is 2.29. The number of benzene rings is 3. The van der Waals surface area contributed by atoms with Crippen LogP contribution in [0.25, 0.3) is 11.1 Å². The van der Waals surface area contributed by atoms with Crippen molar-refractivity contribution in [2.45, 2.75) is 19.0 Å². The lowest BCUT2D eigenvalue weighted by atomic mass is 9.99. The number of hydrogen-bond acceptors (Lipinski definition) is 1. The van der Waals surface area contributed by atoms with Crippen molar-refractivity contribution in [3.05, 3.63) is 95.1 Å². The Morgan fingerprint density at radius 2 is 1.08 bits per heavy atom. The molecule has 0 radical (unpaired) electrons. The molecule has 1 nitrogen and oxygen atoms in total. The maximum atomic E-state index is 12.6. The van der Waals surface area contributed by atoms with Gasteiger partial charge in [-0.2, -0.15) is 18.4 Å². The second-order valence-corrected chi connectivity index (χ2v) is 6.08. The highest BCUT2D eigenvalue weighted by Crippen LogP contribution is 2.31. The van der Waals surface area contributed by atoms with E-state index >= 15 is 0 Å². The SMILES string of the molecule is N#Cc1ccc(CCc2ccc(-c3ccc(C(F)(F)F)cc3)cc2)cc1. The molecule has 0 saturated heterocycles. The standard InChI is InChI=1S/C22H16F3N/c23-22(24,25)21-13-11-20(12-14-21)19-9-7-17(8-10-19)2-1-16-3-5-18(15-26)6-4-16/h3-14H,1-2H2. The Morgan fingerprint density at radius 1 is 0.654 bits per heavy atom. The summed E-state index contributed by atoms with van der Waals surface area (Å²) >= 11 is 0. The fraction of sp³-hybridized carbons (Fsp3) is 0.136. The molecule has 0 aliphatic carbocycles. The van der Waals surface area contributed by atoms with Gasteiger partial charge < -0.3 is 0 Å². The molecule has 0 spiro atoms. The topological polar surface area (TPSA) is 23.8 Å². The summed E-state index contributed by atoms with van der Waals surface area (Å²) in [5.41, 5.74) is 3.98. The van der Waals surface area contributed by atoms with Gasteiger partial charge in [-0.25, -0.2) is 0 Å². The monoisotopic (exact) mass is 351 g/mol. The van der Waals surface area contributed by atoms with E-state index in [2.05, 4.69) is 6.07 Å². The van der Waals surface area contributed by atoms with E-state index < -0.39 is 11.7 Å². The van der Waals surface area contributed by atoms with Crippen molar-refractivity contribution in [2.75, 3.05) is 0 Å². The highest BCUT2D eigenvalue weighted by molar-refractivity contribution is 5.64. The first-order chi connectivity index (χ1) is 12.5. The van der Waals surface area contributed by atoms with E-state index in [1.165, 1.54) is 12.1 Å². The quantitative estimate of drug-likeness (QED) is 0.563. The maximum Gasteiger partial charge on any atom is 0.416 e. The molecule has 0 saturated carbocycles. The predicted octanol–water partition coefficient (Wildman–Crippen LogP) is 6.03. The molecule has 26 heavy (non-hydrogen) atoms. The zero-order valence-corrected chi connectivity index (χ0v) is 13.9. The van der Waals surface area contributed by atoms with Crippen LogP contribution in [0.3, 0.4) is 0 Å². The molecule has 3 rings (SSSR count). The fourth-order valence-electron chi connectivity index (χ4n) is 2.75. The predicted molar refractivity (Wildman–Crippen MR) is 95.4 cm³/mol. The molecule has 0 aliphatic heterocycles. The van der Waals surface area contributed by atoms with E-state index in [1.54, 1.807) is 0 Å². The smallest absolute Gasteiger partial charge is 0.192 e. The van der Waals surface area contributed by atoms with Crippen molar-refractivity contribution in [2.24, 2.45) is 0 Å². The fourth-order valence-corrected chi connectivity index (χ4v) is 2.75. The average Bonchev–Trinajstić information content (AvgIpc) is 2.66. The number of nitrogens with zero attached hydrogens (tertiary/aromatic N) is 1. The van der Waals surface area contributed by atoms with E-state index in [1.807, 2.05) is 48.5 Å². The lowest BCUT2D eigenvalue weighted by Crippen LogP contribution is -2.03. The van der Waals surface area contributed by atoms with Gasteiger partial charge in [0.25, 0.3) is 0 Å². The molecule has 130 valence electrons. The summed E-state index contributed by atoms with van der Waals surface area (Å²) in [7, 11) is 0. The van der Waals surface area contributed by atoms with Gasteiger partial charge in [-0.1, -0.05) is 48.5 Å². The highest BCUT2D eigenvalue weighted by atomic mass is 19.4. The molecule has 0 aliphatic rings. The van der Waals surface area contributed by atoms with Crippen molar-refractivity contribution in [3.8, 4) is 17.2 Å². The third kappa shape index (κ3) is 4.31. The number of alkyl halides is 3. The maximum absolute atomic E-state index is 12.6. The Hall–Kier alpha value is -3.06. The molecule has 3 aromatic carbocycles. The van der Waals surface area contributed by atoms with Crippen molar-refractivity contribution >= 4 is 0 Å². The van der Waals surface area contributed by atoms with Crippen LogP contribution >= 0.6 is 0 Å². The van der Waals surface area contributed by atoms with Crippen LogP contribution in [0.4, 0.5) is 13.2 Å². The minimum atomic E-state index is -4.31. The Bertz CT molecular complexity index is 900. The van der Waals surface area contributed by atoms with Gasteiger partial charge in [0.05, 0.1) is 17.2 Å². The minimum Gasteiger partial charge on any atom is -0.192 e. The van der Waals surface area contributed by atoms with Crippen LogP contribution in [0.15, 0.2) is 72.8 Å². The molecule has 0 N–H and O–H groups in total. The van der Waals surface area contributed by atoms with Gasteiger partial charge in [-0.3, -0.25) is 0 Å². The van der Waals surface area contributed by atoms with Gasteiger partial charge in [0.1, 0.15) is 0 Å². The summed E-state index contributed by atoms with van der Waals surface area (Å²) in [6.45, 7) is 0. The molecule has 0 fully saturated rings. The van der Waals surface area contributed by atoms with Crippen LogP contribution in [0.5, 0.6) is 0 Å². The number of rotatable bonds is 4. The average molecular weight is 351 g/mol. The van der Waals surface area contributed by atoms with Gasteiger partial charge in [0, 0.05) is 0 Å². The molecule has 0 aromatic heterocycles. The first-order valence-corrected chi connectivity index (χ1v) is 8.21. The number of hydrogen-bond donors (Lipinski definition) is 0. The zero-order valence-electron chi connectivity index (χ0n) is 13.9. The third-order valence-electron chi connectivity index (χ3n) is 4.28. The zero-order chi connectivity index (χ0) is 18.6. The largest absolute Gasteiger partial charge is 0.416 e. The minimum absolute atomic E-state index is 0.639. The summed E-state index contributed by atoms with van der Waals surface area (Å²) in [5.74, 6) is 0. The van der Waals surface area contributed by atoms with Gasteiger partial charge in [-0.05, 0) is 59.4 Å². The Labute approximate surface area is 150 Å². The molecule has 3 aromatic rings. The van der Waals surface area contributed by atoms with Gasteiger partial charge >= 0.3 is 6.18 Å². The summed E-state index contributed by atoms with van der Waals surface area (Å²) in [5, 5.41) is 8.81. The molecule has 0 unspecified atom stereocenters. The lowest BCUT2D eigenvalue weighted by molar-refractivity contribution is -0.137. The van der Waals surface area contributed by atoms with Crippen LogP contribution < -0.4 is 0 Å². The van der Waals surface area contributed by atoms with Crippen LogP contribution in [0, 0.1) is 11.3 Å². The molecule has 0 amide bonds. The second kappa shape index (κ2) is 7.45. The van der Waals surface area contributed by atoms with Crippen LogP contribution in [-0.4, -0.2) is 0 Å². The molecule has 4 heteroatoms.